The Morgan fingerprint density at radius 3 is 2.31 bits per heavy atom. The third-order valence-electron chi connectivity index (χ3n) is 4.76. The molecule has 0 spiro atoms. The molecule has 0 fully saturated rings. The van der Waals surface area contributed by atoms with E-state index in [1.807, 2.05) is 0 Å². The summed E-state index contributed by atoms with van der Waals surface area (Å²) in [6.45, 7) is 0. The fourth-order valence-corrected chi connectivity index (χ4v) is 3.98. The van der Waals surface area contributed by atoms with Crippen molar-refractivity contribution >= 4 is 21.9 Å². The molecule has 1 N–H and O–H groups in total. The van der Waals surface area contributed by atoms with Crippen molar-refractivity contribution in [1.29, 1.82) is 0 Å². The molecule has 190 valence electrons. The molecule has 12 heteroatoms. The number of hydrogen-bond acceptors (Lipinski definition) is 7. The quantitative estimate of drug-likeness (QED) is 0.206. The highest BCUT2D eigenvalue weighted by atomic mass is 32.2. The van der Waals surface area contributed by atoms with E-state index in [-0.39, 0.29) is 23.6 Å². The zero-order valence-corrected chi connectivity index (χ0v) is 19.9. The van der Waals surface area contributed by atoms with E-state index < -0.39 is 32.7 Å². The van der Waals surface area contributed by atoms with Gasteiger partial charge in [0.15, 0.2) is 5.75 Å². The van der Waals surface area contributed by atoms with E-state index in [1.54, 1.807) is 30.3 Å². The topological polar surface area (TPSA) is 103 Å². The average Bonchev–Trinajstić information content (AvgIpc) is 2.85. The predicted octanol–water partition coefficient (Wildman–Crippen LogP) is 4.15. The van der Waals surface area contributed by atoms with Crippen LogP contribution in [0.1, 0.15) is 16.7 Å². The van der Waals surface area contributed by atoms with Gasteiger partial charge in [-0.15, -0.1) is 5.10 Å². The van der Waals surface area contributed by atoms with Crippen molar-refractivity contribution in [3.05, 3.63) is 89.5 Å². The molecule has 0 radical (unpaired) electrons. The Labute approximate surface area is 205 Å². The average molecular weight is 523 g/mol. The molecule has 0 atom stereocenters. The molecule has 3 rings (SSSR count). The number of halogens is 3. The van der Waals surface area contributed by atoms with E-state index in [4.69, 9.17) is 13.7 Å². The predicted molar refractivity (Wildman–Crippen MR) is 124 cm³/mol. The van der Waals surface area contributed by atoms with E-state index in [0.717, 1.165) is 12.1 Å². The van der Waals surface area contributed by atoms with E-state index in [2.05, 4.69) is 10.5 Å². The van der Waals surface area contributed by atoms with Crippen LogP contribution in [0, 0.1) is 0 Å². The maximum absolute atomic E-state index is 12.8. The lowest BCUT2D eigenvalue weighted by atomic mass is 10.1. The van der Waals surface area contributed by atoms with Gasteiger partial charge in [0.25, 0.3) is 0 Å². The second-order valence-corrected chi connectivity index (χ2v) is 8.79. The first kappa shape index (κ1) is 26.5. The van der Waals surface area contributed by atoms with E-state index in [9.17, 15) is 26.4 Å². The number of benzene rings is 3. The van der Waals surface area contributed by atoms with Crippen molar-refractivity contribution in [1.82, 2.24) is 5.43 Å². The minimum Gasteiger partial charge on any atom is -0.497 e. The molecule has 0 unspecified atom stereocenters. The Kier molecular flexibility index (Phi) is 8.20. The third-order valence-corrected chi connectivity index (χ3v) is 6.01. The third kappa shape index (κ3) is 6.75. The van der Waals surface area contributed by atoms with E-state index in [0.29, 0.717) is 23.4 Å². The SMILES string of the molecule is CO/C(=N/NC(=O)Cc1cccc(OC)c1)c1ccccc1OS(=O)(=O)c1ccc(C(F)(F)F)cc1. The van der Waals surface area contributed by atoms with Crippen molar-refractivity contribution in [2.45, 2.75) is 17.5 Å². The van der Waals surface area contributed by atoms with Crippen molar-refractivity contribution in [2.75, 3.05) is 14.2 Å². The highest BCUT2D eigenvalue weighted by Crippen LogP contribution is 2.30. The van der Waals surface area contributed by atoms with Gasteiger partial charge < -0.3 is 13.7 Å². The molecule has 0 bridgehead atoms. The number of alkyl halides is 3. The molecule has 8 nitrogen and oxygen atoms in total. The molecule has 0 saturated heterocycles. The highest BCUT2D eigenvalue weighted by molar-refractivity contribution is 7.87. The number of para-hydroxylation sites is 1. The van der Waals surface area contributed by atoms with Crippen molar-refractivity contribution < 1.29 is 40.0 Å². The Morgan fingerprint density at radius 2 is 1.67 bits per heavy atom. The molecular weight excluding hydrogens is 501 g/mol. The van der Waals surface area contributed by atoms with Crippen molar-refractivity contribution in [2.24, 2.45) is 5.10 Å². The van der Waals surface area contributed by atoms with Gasteiger partial charge in [-0.25, -0.2) is 5.43 Å². The standard InChI is InChI=1S/C24H21F3N2O6S/c1-33-18-7-5-6-16(14-18)15-22(30)28-29-23(34-2)20-8-3-4-9-21(20)35-36(31,32)19-12-10-17(11-13-19)24(25,26)27/h3-14H,15H2,1-2H3,(H,28,30)/b29-23+. The minimum absolute atomic E-state index is 0.0157. The van der Waals surface area contributed by atoms with Crippen LogP contribution in [0.5, 0.6) is 11.5 Å². The van der Waals surface area contributed by atoms with Crippen LogP contribution in [-0.4, -0.2) is 34.4 Å². The fraction of sp³-hybridized carbons (Fsp3) is 0.167. The van der Waals surface area contributed by atoms with Gasteiger partial charge in [0.1, 0.15) is 10.6 Å². The van der Waals surface area contributed by atoms with Crippen LogP contribution in [0.15, 0.2) is 82.8 Å². The lowest BCUT2D eigenvalue weighted by Gasteiger charge is -2.13. The second kappa shape index (κ2) is 11.1. The Bertz CT molecular complexity index is 1360. The van der Waals surface area contributed by atoms with Gasteiger partial charge >= 0.3 is 16.3 Å². The van der Waals surface area contributed by atoms with E-state index >= 15 is 0 Å². The molecule has 1 amide bonds. The zero-order valence-electron chi connectivity index (χ0n) is 19.1. The van der Waals surface area contributed by atoms with Gasteiger partial charge in [-0.2, -0.15) is 21.6 Å². The first-order valence-corrected chi connectivity index (χ1v) is 11.7. The molecule has 0 aliphatic carbocycles. The summed E-state index contributed by atoms with van der Waals surface area (Å²) in [5, 5.41) is 3.92. The van der Waals surface area contributed by atoms with Crippen LogP contribution in [0.4, 0.5) is 13.2 Å². The zero-order chi connectivity index (χ0) is 26.3. The van der Waals surface area contributed by atoms with Crippen LogP contribution in [-0.2, 0) is 32.2 Å². The molecular formula is C24H21F3N2O6S. The molecule has 0 saturated carbocycles. The lowest BCUT2D eigenvalue weighted by Crippen LogP contribution is -2.23. The van der Waals surface area contributed by atoms with Crippen molar-refractivity contribution in [3.8, 4) is 11.5 Å². The van der Waals surface area contributed by atoms with Crippen LogP contribution >= 0.6 is 0 Å². The molecule has 0 aliphatic rings. The first-order chi connectivity index (χ1) is 17.0. The summed E-state index contributed by atoms with van der Waals surface area (Å²) >= 11 is 0. The first-order valence-electron chi connectivity index (χ1n) is 10.3. The number of carbonyl (C=O) groups excluding carboxylic acids is 1. The van der Waals surface area contributed by atoms with Crippen molar-refractivity contribution in [3.63, 3.8) is 0 Å². The Balaban J connectivity index is 1.79. The number of carbonyl (C=O) groups is 1. The van der Waals surface area contributed by atoms with E-state index in [1.165, 1.54) is 32.4 Å². The van der Waals surface area contributed by atoms with Crippen LogP contribution in [0.25, 0.3) is 0 Å². The summed E-state index contributed by atoms with van der Waals surface area (Å²) < 4.78 is 79.2. The fourth-order valence-electron chi connectivity index (χ4n) is 3.03. The number of hydrazone groups is 1. The van der Waals surface area contributed by atoms with Gasteiger partial charge in [-0.1, -0.05) is 24.3 Å². The van der Waals surface area contributed by atoms with Crippen LogP contribution < -0.4 is 14.3 Å². The maximum atomic E-state index is 12.8. The summed E-state index contributed by atoms with van der Waals surface area (Å²) in [6, 6.07) is 15.6. The monoisotopic (exact) mass is 522 g/mol. The molecule has 3 aromatic rings. The smallest absolute Gasteiger partial charge is 0.416 e. The normalized spacial score (nSPS) is 12.1. The minimum atomic E-state index is -4.61. The summed E-state index contributed by atoms with van der Waals surface area (Å²) in [7, 11) is -1.73. The van der Waals surface area contributed by atoms with Gasteiger partial charge in [-0.3, -0.25) is 4.79 Å². The molecule has 0 aliphatic heterocycles. The summed E-state index contributed by atoms with van der Waals surface area (Å²) in [4.78, 5) is 11.9. The summed E-state index contributed by atoms with van der Waals surface area (Å²) in [6.07, 6.45) is -4.63. The van der Waals surface area contributed by atoms with Gasteiger partial charge in [-0.05, 0) is 54.1 Å². The maximum Gasteiger partial charge on any atom is 0.416 e. The van der Waals surface area contributed by atoms with Gasteiger partial charge in [0.2, 0.25) is 11.8 Å². The second-order valence-electron chi connectivity index (χ2n) is 7.24. The van der Waals surface area contributed by atoms with Gasteiger partial charge in [0, 0.05) is 0 Å². The number of rotatable bonds is 8. The number of nitrogens with zero attached hydrogens (tertiary/aromatic N) is 1. The molecule has 3 aromatic carbocycles. The summed E-state index contributed by atoms with van der Waals surface area (Å²) in [5.41, 5.74) is 2.09. The lowest BCUT2D eigenvalue weighted by molar-refractivity contribution is -0.137. The largest absolute Gasteiger partial charge is 0.497 e. The Hall–Kier alpha value is -4.06. The molecule has 36 heavy (non-hydrogen) atoms. The number of ether oxygens (including phenoxy) is 2. The van der Waals surface area contributed by atoms with Gasteiger partial charge in [0.05, 0.1) is 31.8 Å². The highest BCUT2D eigenvalue weighted by Gasteiger charge is 2.31. The summed E-state index contributed by atoms with van der Waals surface area (Å²) in [5.74, 6) is -0.262. The van der Waals surface area contributed by atoms with Crippen LogP contribution in [0.2, 0.25) is 0 Å². The van der Waals surface area contributed by atoms with Crippen LogP contribution in [0.3, 0.4) is 0 Å². The Morgan fingerprint density at radius 1 is 0.972 bits per heavy atom. The number of amides is 1. The number of methoxy groups -OCH3 is 2. The molecule has 0 aromatic heterocycles. The number of nitrogens with one attached hydrogen (secondary N) is 1. The molecule has 0 heterocycles. The number of hydrogen-bond donors (Lipinski definition) is 1.